The van der Waals surface area contributed by atoms with Crippen LogP contribution in [0.25, 0.3) is 0 Å². The Hall–Kier alpha value is -1.55. The van der Waals surface area contributed by atoms with E-state index < -0.39 is 0 Å². The summed E-state index contributed by atoms with van der Waals surface area (Å²) >= 11 is 0. The third kappa shape index (κ3) is 3.97. The molecule has 2 amide bonds. The highest BCUT2D eigenvalue weighted by atomic mass is 16.2. The van der Waals surface area contributed by atoms with Crippen molar-refractivity contribution < 1.29 is 4.79 Å². The lowest BCUT2D eigenvalue weighted by Crippen LogP contribution is -2.56. The zero-order valence-electron chi connectivity index (χ0n) is 13.5. The number of nitrogens with zero attached hydrogens (tertiary/aromatic N) is 3. The van der Waals surface area contributed by atoms with Crippen LogP contribution in [0.1, 0.15) is 26.3 Å². The van der Waals surface area contributed by atoms with E-state index in [4.69, 9.17) is 0 Å². The Balaban J connectivity index is 1.91. The van der Waals surface area contributed by atoms with Crippen LogP contribution >= 0.6 is 0 Å². The Morgan fingerprint density at radius 1 is 1.19 bits per heavy atom. The minimum absolute atomic E-state index is 0.186. The normalized spacial score (nSPS) is 19.6. The van der Waals surface area contributed by atoms with E-state index >= 15 is 0 Å². The SMILES string of the molecule is CCN(CC)C(=O)N1CCN(Cc2ccccc2)C(C)C1. The fraction of sp³-hybridized carbons (Fsp3) is 0.588. The molecule has 0 bridgehead atoms. The zero-order valence-corrected chi connectivity index (χ0v) is 13.5. The van der Waals surface area contributed by atoms with Crippen LogP contribution in [0.5, 0.6) is 0 Å². The highest BCUT2D eigenvalue weighted by Crippen LogP contribution is 2.15. The summed E-state index contributed by atoms with van der Waals surface area (Å²) < 4.78 is 0. The summed E-state index contributed by atoms with van der Waals surface area (Å²) in [6, 6.07) is 11.1. The van der Waals surface area contributed by atoms with Crippen LogP contribution in [-0.2, 0) is 6.54 Å². The van der Waals surface area contributed by atoms with Crippen molar-refractivity contribution in [3.8, 4) is 0 Å². The molecule has 1 aromatic carbocycles. The maximum absolute atomic E-state index is 12.4. The van der Waals surface area contributed by atoms with Crippen molar-refractivity contribution in [3.05, 3.63) is 35.9 Å². The standard InChI is InChI=1S/C17H27N3O/c1-4-18(5-2)17(21)20-12-11-19(15(3)13-20)14-16-9-7-6-8-10-16/h6-10,15H,4-5,11-14H2,1-3H3. The first kappa shape index (κ1) is 15.8. The molecule has 21 heavy (non-hydrogen) atoms. The van der Waals surface area contributed by atoms with Crippen LogP contribution in [0.3, 0.4) is 0 Å². The second kappa shape index (κ2) is 7.46. The summed E-state index contributed by atoms with van der Waals surface area (Å²) in [7, 11) is 0. The van der Waals surface area contributed by atoms with Crippen molar-refractivity contribution in [2.24, 2.45) is 0 Å². The fourth-order valence-electron chi connectivity index (χ4n) is 2.92. The van der Waals surface area contributed by atoms with Gasteiger partial charge in [-0.15, -0.1) is 0 Å². The van der Waals surface area contributed by atoms with E-state index in [1.54, 1.807) is 0 Å². The molecular formula is C17H27N3O. The molecule has 0 aromatic heterocycles. The lowest BCUT2D eigenvalue weighted by atomic mass is 10.1. The first-order chi connectivity index (χ1) is 10.2. The molecule has 1 saturated heterocycles. The van der Waals surface area contributed by atoms with Crippen LogP contribution < -0.4 is 0 Å². The summed E-state index contributed by atoms with van der Waals surface area (Å²) in [6.07, 6.45) is 0. The van der Waals surface area contributed by atoms with E-state index in [0.717, 1.165) is 39.3 Å². The number of hydrogen-bond donors (Lipinski definition) is 0. The van der Waals surface area contributed by atoms with Gasteiger partial charge in [0.05, 0.1) is 0 Å². The molecule has 116 valence electrons. The van der Waals surface area contributed by atoms with E-state index in [2.05, 4.69) is 36.1 Å². The molecule has 1 unspecified atom stereocenters. The number of hydrogen-bond acceptors (Lipinski definition) is 2. The van der Waals surface area contributed by atoms with Gasteiger partial charge >= 0.3 is 6.03 Å². The molecule has 1 aliphatic heterocycles. The van der Waals surface area contributed by atoms with Gasteiger partial charge in [-0.05, 0) is 26.3 Å². The van der Waals surface area contributed by atoms with Gasteiger partial charge in [-0.1, -0.05) is 30.3 Å². The average Bonchev–Trinajstić information content (AvgIpc) is 2.51. The predicted octanol–water partition coefficient (Wildman–Crippen LogP) is 2.65. The summed E-state index contributed by atoms with van der Waals surface area (Å²) in [6.45, 7) is 11.4. The van der Waals surface area contributed by atoms with Gasteiger partial charge in [0.15, 0.2) is 0 Å². The molecule has 1 aliphatic rings. The Bertz CT molecular complexity index is 445. The number of rotatable bonds is 4. The molecular weight excluding hydrogens is 262 g/mol. The number of piperazine rings is 1. The van der Waals surface area contributed by atoms with Crippen molar-refractivity contribution >= 4 is 6.03 Å². The predicted molar refractivity (Wildman–Crippen MR) is 86.2 cm³/mol. The lowest BCUT2D eigenvalue weighted by Gasteiger charge is -2.41. The number of amides is 2. The summed E-state index contributed by atoms with van der Waals surface area (Å²) in [4.78, 5) is 18.8. The Morgan fingerprint density at radius 2 is 1.86 bits per heavy atom. The number of urea groups is 1. The molecule has 0 N–H and O–H groups in total. The monoisotopic (exact) mass is 289 g/mol. The van der Waals surface area contributed by atoms with Crippen molar-refractivity contribution in [1.82, 2.24) is 14.7 Å². The van der Waals surface area contributed by atoms with Crippen molar-refractivity contribution in [2.45, 2.75) is 33.4 Å². The molecule has 1 aromatic rings. The van der Waals surface area contributed by atoms with Crippen LogP contribution in [0.2, 0.25) is 0 Å². The molecule has 0 radical (unpaired) electrons. The van der Waals surface area contributed by atoms with Crippen LogP contribution in [-0.4, -0.2) is 59.5 Å². The fourth-order valence-corrected chi connectivity index (χ4v) is 2.92. The third-order valence-corrected chi connectivity index (χ3v) is 4.30. The Morgan fingerprint density at radius 3 is 2.43 bits per heavy atom. The number of carbonyl (C=O) groups excluding carboxylic acids is 1. The lowest BCUT2D eigenvalue weighted by molar-refractivity contribution is 0.0782. The number of benzene rings is 1. The average molecular weight is 289 g/mol. The van der Waals surface area contributed by atoms with Gasteiger partial charge in [0.25, 0.3) is 0 Å². The van der Waals surface area contributed by atoms with Crippen molar-refractivity contribution in [1.29, 1.82) is 0 Å². The molecule has 1 atom stereocenters. The van der Waals surface area contributed by atoms with E-state index in [1.807, 2.05) is 29.7 Å². The van der Waals surface area contributed by atoms with Gasteiger partial charge < -0.3 is 9.80 Å². The molecule has 0 aliphatic carbocycles. The van der Waals surface area contributed by atoms with Gasteiger partial charge in [0, 0.05) is 45.3 Å². The van der Waals surface area contributed by atoms with Gasteiger partial charge in [-0.2, -0.15) is 0 Å². The first-order valence-corrected chi connectivity index (χ1v) is 7.97. The van der Waals surface area contributed by atoms with Crippen LogP contribution in [0.15, 0.2) is 30.3 Å². The highest BCUT2D eigenvalue weighted by molar-refractivity contribution is 5.74. The Kier molecular flexibility index (Phi) is 5.62. The van der Waals surface area contributed by atoms with Gasteiger partial charge in [0.2, 0.25) is 0 Å². The second-order valence-electron chi connectivity index (χ2n) is 5.71. The minimum atomic E-state index is 0.186. The molecule has 1 fully saturated rings. The Labute approximate surface area is 128 Å². The van der Waals surface area contributed by atoms with Crippen molar-refractivity contribution in [2.75, 3.05) is 32.7 Å². The van der Waals surface area contributed by atoms with Crippen LogP contribution in [0.4, 0.5) is 4.79 Å². The molecule has 4 heteroatoms. The quantitative estimate of drug-likeness (QED) is 0.852. The molecule has 0 spiro atoms. The first-order valence-electron chi connectivity index (χ1n) is 7.97. The van der Waals surface area contributed by atoms with Crippen LogP contribution in [0, 0.1) is 0 Å². The van der Waals surface area contributed by atoms with Crippen molar-refractivity contribution in [3.63, 3.8) is 0 Å². The molecule has 2 rings (SSSR count). The smallest absolute Gasteiger partial charge is 0.320 e. The summed E-state index contributed by atoms with van der Waals surface area (Å²) in [5, 5.41) is 0. The second-order valence-corrected chi connectivity index (χ2v) is 5.71. The largest absolute Gasteiger partial charge is 0.325 e. The zero-order chi connectivity index (χ0) is 15.2. The summed E-state index contributed by atoms with van der Waals surface area (Å²) in [5.74, 6) is 0. The molecule has 1 heterocycles. The number of carbonyl (C=O) groups is 1. The van der Waals surface area contributed by atoms with E-state index in [-0.39, 0.29) is 6.03 Å². The summed E-state index contributed by atoms with van der Waals surface area (Å²) in [5.41, 5.74) is 1.34. The highest BCUT2D eigenvalue weighted by Gasteiger charge is 2.28. The van der Waals surface area contributed by atoms with E-state index in [0.29, 0.717) is 6.04 Å². The van der Waals surface area contributed by atoms with Gasteiger partial charge in [-0.25, -0.2) is 4.79 Å². The third-order valence-electron chi connectivity index (χ3n) is 4.30. The van der Waals surface area contributed by atoms with E-state index in [1.165, 1.54) is 5.56 Å². The topological polar surface area (TPSA) is 26.8 Å². The van der Waals surface area contributed by atoms with Gasteiger partial charge in [-0.3, -0.25) is 4.90 Å². The molecule has 4 nitrogen and oxygen atoms in total. The van der Waals surface area contributed by atoms with Gasteiger partial charge in [0.1, 0.15) is 0 Å². The molecule has 0 saturated carbocycles. The maximum Gasteiger partial charge on any atom is 0.320 e. The minimum Gasteiger partial charge on any atom is -0.325 e. The maximum atomic E-state index is 12.4. The van der Waals surface area contributed by atoms with E-state index in [9.17, 15) is 4.79 Å².